The fourth-order valence-electron chi connectivity index (χ4n) is 3.60. The Morgan fingerprint density at radius 2 is 1.67 bits per heavy atom. The van der Waals surface area contributed by atoms with Crippen molar-refractivity contribution < 1.29 is 28.3 Å². The average Bonchev–Trinajstić information content (AvgIpc) is 3.28. The smallest absolute Gasteiger partial charge is 0.443 e. The first kappa shape index (κ1) is 22.4. The highest BCUT2D eigenvalue weighted by atomic mass is 32.2. The molecule has 0 aliphatic heterocycles. The second kappa shape index (κ2) is 8.64. The van der Waals surface area contributed by atoms with Crippen molar-refractivity contribution in [2.75, 3.05) is 0 Å². The molecule has 172 valence electrons. The number of hydrogen-bond acceptors (Lipinski definition) is 6. The summed E-state index contributed by atoms with van der Waals surface area (Å²) in [6.45, 7) is 3.62. The van der Waals surface area contributed by atoms with E-state index in [1.807, 2.05) is 19.1 Å². The number of carbonyl (C=O) groups excluding carboxylic acids is 1. The zero-order chi connectivity index (χ0) is 23.8. The maximum absolute atomic E-state index is 12.8. The SMILES string of the molecule is Cc1ccc(S(=O)(=O)N[C@H](C)Cc2cn(C(=O)On3c(O)ccc3O)c3ccccc23)cc1. The number of rotatable bonds is 6. The van der Waals surface area contributed by atoms with Crippen molar-refractivity contribution in [1.29, 1.82) is 0 Å². The molecule has 0 saturated heterocycles. The van der Waals surface area contributed by atoms with Gasteiger partial charge in [0.05, 0.1) is 10.4 Å². The van der Waals surface area contributed by atoms with Crippen LogP contribution in [0.25, 0.3) is 10.9 Å². The zero-order valence-corrected chi connectivity index (χ0v) is 18.8. The van der Waals surface area contributed by atoms with E-state index in [0.29, 0.717) is 16.7 Å². The molecule has 1 atom stereocenters. The number of carbonyl (C=O) groups is 1. The Balaban J connectivity index is 1.58. The van der Waals surface area contributed by atoms with Crippen molar-refractivity contribution in [3.05, 3.63) is 78.0 Å². The molecule has 0 fully saturated rings. The van der Waals surface area contributed by atoms with E-state index in [1.165, 1.54) is 16.7 Å². The summed E-state index contributed by atoms with van der Waals surface area (Å²) in [5.41, 5.74) is 2.23. The second-order valence-corrected chi connectivity index (χ2v) is 9.50. The van der Waals surface area contributed by atoms with Gasteiger partial charge in [0.2, 0.25) is 21.8 Å². The summed E-state index contributed by atoms with van der Waals surface area (Å²) in [4.78, 5) is 18.0. The van der Waals surface area contributed by atoms with Gasteiger partial charge < -0.3 is 15.1 Å². The summed E-state index contributed by atoms with van der Waals surface area (Å²) in [5, 5.41) is 20.2. The third kappa shape index (κ3) is 4.57. The van der Waals surface area contributed by atoms with Crippen LogP contribution in [0, 0.1) is 6.92 Å². The molecule has 0 spiro atoms. The zero-order valence-electron chi connectivity index (χ0n) is 18.0. The summed E-state index contributed by atoms with van der Waals surface area (Å²) < 4.78 is 30.0. The Hall–Kier alpha value is -3.76. The van der Waals surface area contributed by atoms with Gasteiger partial charge in [-0.1, -0.05) is 35.9 Å². The largest absolute Gasteiger partial charge is 0.492 e. The van der Waals surface area contributed by atoms with Crippen LogP contribution in [0.15, 0.2) is 71.8 Å². The number of aromatic hydroxyl groups is 2. The predicted molar refractivity (Wildman–Crippen MR) is 122 cm³/mol. The van der Waals surface area contributed by atoms with Crippen molar-refractivity contribution in [3.63, 3.8) is 0 Å². The third-order valence-electron chi connectivity index (χ3n) is 5.17. The molecule has 9 nitrogen and oxygen atoms in total. The van der Waals surface area contributed by atoms with Crippen LogP contribution in [0.1, 0.15) is 18.1 Å². The fraction of sp³-hybridized carbons (Fsp3) is 0.174. The van der Waals surface area contributed by atoms with Crippen LogP contribution in [0.4, 0.5) is 4.79 Å². The number of benzene rings is 2. The first-order valence-corrected chi connectivity index (χ1v) is 11.6. The van der Waals surface area contributed by atoms with E-state index in [-0.39, 0.29) is 4.90 Å². The summed E-state index contributed by atoms with van der Waals surface area (Å²) >= 11 is 0. The summed E-state index contributed by atoms with van der Waals surface area (Å²) in [6, 6.07) is 15.6. The summed E-state index contributed by atoms with van der Waals surface area (Å²) in [5.74, 6) is -0.867. The van der Waals surface area contributed by atoms with Crippen LogP contribution in [0.5, 0.6) is 11.8 Å². The molecule has 0 aliphatic carbocycles. The molecule has 0 saturated carbocycles. The first-order chi connectivity index (χ1) is 15.7. The van der Waals surface area contributed by atoms with Crippen LogP contribution in [-0.4, -0.2) is 40.1 Å². The van der Waals surface area contributed by atoms with E-state index in [1.54, 1.807) is 49.5 Å². The molecule has 2 aromatic heterocycles. The van der Waals surface area contributed by atoms with E-state index in [0.717, 1.165) is 16.5 Å². The molecule has 0 bridgehead atoms. The van der Waals surface area contributed by atoms with Crippen molar-refractivity contribution in [1.82, 2.24) is 14.0 Å². The highest BCUT2D eigenvalue weighted by molar-refractivity contribution is 7.89. The van der Waals surface area contributed by atoms with Gasteiger partial charge in [-0.05, 0) is 44.0 Å². The predicted octanol–water partition coefficient (Wildman–Crippen LogP) is 3.17. The minimum absolute atomic E-state index is 0.178. The Bertz CT molecular complexity index is 1400. The molecule has 4 rings (SSSR count). The third-order valence-corrected chi connectivity index (χ3v) is 6.78. The number of aromatic nitrogens is 2. The topological polar surface area (TPSA) is 123 Å². The number of fused-ring (bicyclic) bond motifs is 1. The van der Waals surface area contributed by atoms with Crippen LogP contribution < -0.4 is 9.56 Å². The number of hydrogen-bond donors (Lipinski definition) is 3. The van der Waals surface area contributed by atoms with Gasteiger partial charge >= 0.3 is 6.09 Å². The lowest BCUT2D eigenvalue weighted by molar-refractivity contribution is 0.110. The second-order valence-electron chi connectivity index (χ2n) is 7.78. The summed E-state index contributed by atoms with van der Waals surface area (Å²) in [6.07, 6.45) is 1.01. The van der Waals surface area contributed by atoms with Crippen molar-refractivity contribution in [2.24, 2.45) is 0 Å². The number of aryl methyl sites for hydroxylation is 1. The molecular weight excluding hydrogens is 446 g/mol. The Morgan fingerprint density at radius 3 is 2.33 bits per heavy atom. The molecule has 0 radical (unpaired) electrons. The van der Waals surface area contributed by atoms with E-state index in [2.05, 4.69) is 4.72 Å². The number of nitrogens with zero attached hydrogens (tertiary/aromatic N) is 2. The quantitative estimate of drug-likeness (QED) is 0.399. The molecule has 33 heavy (non-hydrogen) atoms. The van der Waals surface area contributed by atoms with Crippen LogP contribution in [0.3, 0.4) is 0 Å². The molecule has 2 heterocycles. The molecule has 4 aromatic rings. The van der Waals surface area contributed by atoms with Gasteiger partial charge in [-0.15, -0.1) is 4.73 Å². The fourth-order valence-corrected chi connectivity index (χ4v) is 4.85. The van der Waals surface area contributed by atoms with E-state index in [9.17, 15) is 23.4 Å². The standard InChI is InChI=1S/C23H23N3O6S/c1-15-7-9-18(10-8-15)33(30,31)24-16(2)13-17-14-25(20-6-4-3-5-19(17)20)23(29)32-26-21(27)11-12-22(26)28/h3-12,14,16,24,27-28H,13H2,1-2H3/t16-/m1/s1. The van der Waals surface area contributed by atoms with Gasteiger partial charge in [-0.2, -0.15) is 0 Å². The molecule has 2 aromatic carbocycles. The molecule has 3 N–H and O–H groups in total. The Kier molecular flexibility index (Phi) is 5.88. The maximum atomic E-state index is 12.8. The van der Waals surface area contributed by atoms with Crippen LogP contribution in [0.2, 0.25) is 0 Å². The molecular formula is C23H23N3O6S. The molecule has 0 amide bonds. The van der Waals surface area contributed by atoms with E-state index < -0.39 is 33.9 Å². The van der Waals surface area contributed by atoms with Gasteiger partial charge in [0.15, 0.2) is 0 Å². The molecule has 0 unspecified atom stereocenters. The maximum Gasteiger partial charge on any atom is 0.443 e. The van der Waals surface area contributed by atoms with Crippen LogP contribution in [-0.2, 0) is 16.4 Å². The minimum Gasteiger partial charge on any atom is -0.492 e. The lowest BCUT2D eigenvalue weighted by atomic mass is 10.1. The average molecular weight is 470 g/mol. The van der Waals surface area contributed by atoms with Gasteiger partial charge in [0.25, 0.3) is 0 Å². The number of nitrogens with one attached hydrogen (secondary N) is 1. The van der Waals surface area contributed by atoms with Gasteiger partial charge in [-0.25, -0.2) is 17.9 Å². The highest BCUT2D eigenvalue weighted by Gasteiger charge is 2.21. The Morgan fingerprint density at radius 1 is 1.03 bits per heavy atom. The van der Waals surface area contributed by atoms with Crippen molar-refractivity contribution in [3.8, 4) is 11.8 Å². The lowest BCUT2D eigenvalue weighted by Crippen LogP contribution is -2.34. The monoisotopic (exact) mass is 469 g/mol. The lowest BCUT2D eigenvalue weighted by Gasteiger charge is -2.14. The minimum atomic E-state index is -3.71. The number of para-hydroxylation sites is 1. The normalized spacial score (nSPS) is 12.7. The van der Waals surface area contributed by atoms with Crippen molar-refractivity contribution >= 4 is 27.0 Å². The van der Waals surface area contributed by atoms with Crippen LogP contribution >= 0.6 is 0 Å². The Labute approximate surface area is 190 Å². The van der Waals surface area contributed by atoms with E-state index >= 15 is 0 Å². The highest BCUT2D eigenvalue weighted by Crippen LogP contribution is 2.24. The number of sulfonamides is 1. The van der Waals surface area contributed by atoms with Gasteiger partial charge in [0.1, 0.15) is 0 Å². The molecule has 10 heteroatoms. The van der Waals surface area contributed by atoms with Crippen molar-refractivity contribution in [2.45, 2.75) is 31.2 Å². The van der Waals surface area contributed by atoms with Gasteiger partial charge in [0, 0.05) is 29.8 Å². The summed E-state index contributed by atoms with van der Waals surface area (Å²) in [7, 11) is -3.71. The van der Waals surface area contributed by atoms with E-state index in [4.69, 9.17) is 4.84 Å². The molecule has 0 aliphatic rings. The van der Waals surface area contributed by atoms with Gasteiger partial charge in [-0.3, -0.25) is 4.57 Å². The first-order valence-electron chi connectivity index (χ1n) is 10.2.